The summed E-state index contributed by atoms with van der Waals surface area (Å²) >= 11 is 0. The van der Waals surface area contributed by atoms with Gasteiger partial charge in [0.2, 0.25) is 0 Å². The van der Waals surface area contributed by atoms with E-state index in [4.69, 9.17) is 0 Å². The molecule has 0 spiro atoms. The zero-order valence-electron chi connectivity index (χ0n) is 15.7. The minimum atomic E-state index is -0.938. The van der Waals surface area contributed by atoms with E-state index < -0.39 is 7.26 Å². The number of halogens is 1. The SMILES string of the molecule is CCCCC[P+](CCCCC)(CCCCC)c1ccccc1.[Cl-]. The van der Waals surface area contributed by atoms with Gasteiger partial charge in [0.25, 0.3) is 0 Å². The molecule has 0 heterocycles. The molecule has 1 aromatic rings. The number of rotatable bonds is 13. The summed E-state index contributed by atoms with van der Waals surface area (Å²) in [5, 5.41) is 1.72. The zero-order chi connectivity index (χ0) is 16.1. The smallest absolute Gasteiger partial charge is 0.0939 e. The second kappa shape index (κ2) is 14.3. The summed E-state index contributed by atoms with van der Waals surface area (Å²) in [5.74, 6) is 0. The van der Waals surface area contributed by atoms with Crippen molar-refractivity contribution in [2.75, 3.05) is 18.5 Å². The number of hydrogen-bond acceptors (Lipinski definition) is 0. The highest BCUT2D eigenvalue weighted by Gasteiger charge is 2.37. The topological polar surface area (TPSA) is 0 Å². The Morgan fingerprint density at radius 2 is 1.00 bits per heavy atom. The van der Waals surface area contributed by atoms with Crippen LogP contribution < -0.4 is 17.7 Å². The molecule has 0 unspecified atom stereocenters. The molecule has 0 aliphatic heterocycles. The predicted molar refractivity (Wildman–Crippen MR) is 106 cm³/mol. The van der Waals surface area contributed by atoms with Gasteiger partial charge in [-0.05, 0) is 31.4 Å². The van der Waals surface area contributed by atoms with Gasteiger partial charge >= 0.3 is 0 Å². The molecule has 0 radical (unpaired) electrons. The van der Waals surface area contributed by atoms with Gasteiger partial charge in [-0.1, -0.05) is 77.5 Å². The van der Waals surface area contributed by atoms with E-state index in [1.165, 1.54) is 76.3 Å². The molecule has 2 heteroatoms. The van der Waals surface area contributed by atoms with E-state index in [9.17, 15) is 0 Å². The third-order valence-electron chi connectivity index (χ3n) is 4.87. The Bertz CT molecular complexity index is 337. The van der Waals surface area contributed by atoms with Crippen molar-refractivity contribution in [2.24, 2.45) is 0 Å². The van der Waals surface area contributed by atoms with Gasteiger partial charge in [0.15, 0.2) is 0 Å². The van der Waals surface area contributed by atoms with E-state index in [1.807, 2.05) is 0 Å². The molecule has 0 amide bonds. The van der Waals surface area contributed by atoms with E-state index in [1.54, 1.807) is 5.30 Å². The van der Waals surface area contributed by atoms with Crippen molar-refractivity contribution < 1.29 is 12.4 Å². The van der Waals surface area contributed by atoms with Gasteiger partial charge in [-0.2, -0.15) is 0 Å². The molecule has 0 bridgehead atoms. The van der Waals surface area contributed by atoms with Crippen LogP contribution in [0.5, 0.6) is 0 Å². The standard InChI is InChI=1S/C21H38P.ClH/c1-4-7-13-18-22(19-14-8-5-2,20-15-9-6-3)21-16-11-10-12-17-21;/h10-12,16-17H,4-9,13-15,18-20H2,1-3H3;1H/q+1;/p-1. The van der Waals surface area contributed by atoms with E-state index in [-0.39, 0.29) is 12.4 Å². The van der Waals surface area contributed by atoms with Crippen LogP contribution in [-0.4, -0.2) is 18.5 Å². The molecule has 23 heavy (non-hydrogen) atoms. The van der Waals surface area contributed by atoms with Crippen LogP contribution in [0.15, 0.2) is 30.3 Å². The van der Waals surface area contributed by atoms with Gasteiger partial charge in [-0.15, -0.1) is 0 Å². The highest BCUT2D eigenvalue weighted by molar-refractivity contribution is 7.82. The first-order chi connectivity index (χ1) is 10.8. The summed E-state index contributed by atoms with van der Waals surface area (Å²) < 4.78 is 0. The lowest BCUT2D eigenvalue weighted by molar-refractivity contribution is -0.00000487. The Kier molecular flexibility index (Phi) is 14.3. The first-order valence-corrected chi connectivity index (χ1v) is 12.0. The Balaban J connectivity index is 0.00000484. The van der Waals surface area contributed by atoms with Crippen LogP contribution in [0.2, 0.25) is 0 Å². The lowest BCUT2D eigenvalue weighted by Gasteiger charge is -2.28. The highest BCUT2D eigenvalue weighted by atomic mass is 35.5. The molecule has 0 aliphatic rings. The lowest BCUT2D eigenvalue weighted by Crippen LogP contribution is -3.00. The van der Waals surface area contributed by atoms with E-state index in [0.29, 0.717) is 0 Å². The molecule has 0 fully saturated rings. The molecule has 1 rings (SSSR count). The summed E-state index contributed by atoms with van der Waals surface area (Å²) in [6, 6.07) is 11.6. The first kappa shape index (κ1) is 22.9. The van der Waals surface area contributed by atoms with Crippen LogP contribution in [0.1, 0.15) is 78.6 Å². The minimum absolute atomic E-state index is 0. The Labute approximate surface area is 152 Å². The second-order valence-electron chi connectivity index (χ2n) is 6.77. The number of unbranched alkanes of at least 4 members (excludes halogenated alkanes) is 6. The van der Waals surface area contributed by atoms with Crippen molar-refractivity contribution in [2.45, 2.75) is 78.6 Å². The summed E-state index contributed by atoms with van der Waals surface area (Å²) in [4.78, 5) is 0. The van der Waals surface area contributed by atoms with Crippen LogP contribution in [0, 0.1) is 0 Å². The maximum atomic E-state index is 2.44. The van der Waals surface area contributed by atoms with E-state index in [2.05, 4.69) is 51.1 Å². The average molecular weight is 357 g/mol. The monoisotopic (exact) mass is 356 g/mol. The van der Waals surface area contributed by atoms with Crippen LogP contribution in [0.25, 0.3) is 0 Å². The fraction of sp³-hybridized carbons (Fsp3) is 0.714. The van der Waals surface area contributed by atoms with Crippen molar-refractivity contribution in [3.63, 3.8) is 0 Å². The van der Waals surface area contributed by atoms with Crippen LogP contribution in [0.4, 0.5) is 0 Å². The maximum Gasteiger partial charge on any atom is 0.0939 e. The van der Waals surface area contributed by atoms with Crippen LogP contribution >= 0.6 is 7.26 Å². The lowest BCUT2D eigenvalue weighted by atomic mass is 10.3. The number of benzene rings is 1. The first-order valence-electron chi connectivity index (χ1n) is 9.70. The van der Waals surface area contributed by atoms with E-state index in [0.717, 1.165) is 0 Å². The average Bonchev–Trinajstić information content (AvgIpc) is 2.56. The Morgan fingerprint density at radius 1 is 0.609 bits per heavy atom. The third-order valence-corrected chi connectivity index (χ3v) is 9.78. The van der Waals surface area contributed by atoms with Gasteiger partial charge in [0.05, 0.1) is 23.8 Å². The molecule has 0 aliphatic carbocycles. The molecule has 0 atom stereocenters. The third kappa shape index (κ3) is 8.55. The van der Waals surface area contributed by atoms with Gasteiger partial charge < -0.3 is 12.4 Å². The molecular weight excluding hydrogens is 319 g/mol. The molecule has 0 N–H and O–H groups in total. The molecule has 0 aromatic heterocycles. The molecule has 0 saturated carbocycles. The Hall–Kier alpha value is -0.0600. The highest BCUT2D eigenvalue weighted by Crippen LogP contribution is 2.59. The zero-order valence-corrected chi connectivity index (χ0v) is 17.3. The van der Waals surface area contributed by atoms with Crippen LogP contribution in [0.3, 0.4) is 0 Å². The van der Waals surface area contributed by atoms with Crippen molar-refractivity contribution >= 4 is 12.6 Å². The summed E-state index contributed by atoms with van der Waals surface area (Å²) in [7, 11) is -0.938. The van der Waals surface area contributed by atoms with Crippen molar-refractivity contribution in [3.8, 4) is 0 Å². The fourth-order valence-corrected chi connectivity index (χ4v) is 8.20. The molecule has 0 saturated heterocycles. The maximum absolute atomic E-state index is 2.44. The van der Waals surface area contributed by atoms with E-state index >= 15 is 0 Å². The molecule has 134 valence electrons. The van der Waals surface area contributed by atoms with Crippen LogP contribution in [-0.2, 0) is 0 Å². The van der Waals surface area contributed by atoms with Crippen molar-refractivity contribution in [3.05, 3.63) is 30.3 Å². The summed E-state index contributed by atoms with van der Waals surface area (Å²) in [5.41, 5.74) is 0. The van der Waals surface area contributed by atoms with Gasteiger partial charge in [-0.3, -0.25) is 0 Å². The molecule has 1 aromatic carbocycles. The number of hydrogen-bond donors (Lipinski definition) is 0. The minimum Gasteiger partial charge on any atom is -1.00 e. The van der Waals surface area contributed by atoms with Gasteiger partial charge in [-0.25, -0.2) is 0 Å². The quantitative estimate of drug-likeness (QED) is 0.371. The van der Waals surface area contributed by atoms with Crippen molar-refractivity contribution in [1.29, 1.82) is 0 Å². The van der Waals surface area contributed by atoms with Gasteiger partial charge in [0, 0.05) is 7.26 Å². The predicted octanol–water partition coefficient (Wildman–Crippen LogP) is 3.90. The summed E-state index contributed by atoms with van der Waals surface area (Å²) in [6.45, 7) is 6.99. The largest absolute Gasteiger partial charge is 1.00 e. The normalized spacial score (nSPS) is 11.3. The van der Waals surface area contributed by atoms with Gasteiger partial charge in [0.1, 0.15) is 0 Å². The molecule has 0 nitrogen and oxygen atoms in total. The van der Waals surface area contributed by atoms with Crippen molar-refractivity contribution in [1.82, 2.24) is 0 Å². The fourth-order valence-electron chi connectivity index (χ4n) is 3.46. The Morgan fingerprint density at radius 3 is 1.35 bits per heavy atom. The second-order valence-corrected chi connectivity index (χ2v) is 10.9. The summed E-state index contributed by atoms with van der Waals surface area (Å²) in [6.07, 6.45) is 17.1. The molecular formula is C21H38ClP.